The van der Waals surface area contributed by atoms with Gasteiger partial charge >= 0.3 is 5.97 Å². The second kappa shape index (κ2) is 13.4. The number of carbonyl (C=O) groups excluding carboxylic acids is 2. The van der Waals surface area contributed by atoms with Crippen LogP contribution in [0.3, 0.4) is 0 Å². The smallest absolute Gasteiger partial charge is 0.344 e. The van der Waals surface area contributed by atoms with Crippen molar-refractivity contribution in [2.24, 2.45) is 0 Å². The highest BCUT2D eigenvalue weighted by Crippen LogP contribution is 2.39. The normalized spacial score (nSPS) is 14.5. The largest absolute Gasteiger partial charge is 0.482 e. The van der Waals surface area contributed by atoms with Gasteiger partial charge in [0.2, 0.25) is 5.91 Å². The molecule has 0 spiro atoms. The van der Waals surface area contributed by atoms with E-state index in [0.29, 0.717) is 18.9 Å². The van der Waals surface area contributed by atoms with E-state index in [9.17, 15) is 9.59 Å². The number of benzene rings is 3. The molecule has 0 aliphatic carbocycles. The molecular weight excluding hydrogens is 488 g/mol. The van der Waals surface area contributed by atoms with Crippen molar-refractivity contribution >= 4 is 11.9 Å². The van der Waals surface area contributed by atoms with E-state index in [2.05, 4.69) is 35.2 Å². The maximum Gasteiger partial charge on any atom is 0.344 e. The standard InChI is InChI=1S/C33H40N2O4/c1-4-38-31(36)25-39-30-18-12-11-17-29(30)26-19-22-35(23-20-26)24-21-33(32(37)34(2)3,27-13-7-5-8-14-27)28-15-9-6-10-16-28/h5-18,26H,4,19-25H2,1-3H3. The molecule has 1 amide bonds. The predicted molar refractivity (Wildman–Crippen MR) is 154 cm³/mol. The molecule has 6 nitrogen and oxygen atoms in total. The molecule has 3 aromatic carbocycles. The van der Waals surface area contributed by atoms with Crippen molar-refractivity contribution in [3.63, 3.8) is 0 Å². The number of rotatable bonds is 11. The van der Waals surface area contributed by atoms with Gasteiger partial charge in [-0.1, -0.05) is 78.9 Å². The highest BCUT2D eigenvalue weighted by molar-refractivity contribution is 5.92. The van der Waals surface area contributed by atoms with Crippen LogP contribution in [0.2, 0.25) is 0 Å². The van der Waals surface area contributed by atoms with Gasteiger partial charge in [-0.25, -0.2) is 4.79 Å². The molecular formula is C33H40N2O4. The second-order valence-corrected chi connectivity index (χ2v) is 10.3. The molecule has 1 fully saturated rings. The van der Waals surface area contributed by atoms with E-state index in [-0.39, 0.29) is 18.5 Å². The van der Waals surface area contributed by atoms with Crippen LogP contribution >= 0.6 is 0 Å². The van der Waals surface area contributed by atoms with E-state index >= 15 is 0 Å². The summed E-state index contributed by atoms with van der Waals surface area (Å²) in [5, 5.41) is 0. The molecule has 0 N–H and O–H groups in total. The molecule has 0 atom stereocenters. The fourth-order valence-electron chi connectivity index (χ4n) is 5.72. The fourth-order valence-corrected chi connectivity index (χ4v) is 5.72. The predicted octanol–water partition coefficient (Wildman–Crippen LogP) is 5.27. The van der Waals surface area contributed by atoms with Crippen LogP contribution in [-0.2, 0) is 19.7 Å². The number of para-hydroxylation sites is 1. The van der Waals surface area contributed by atoms with Crippen LogP contribution in [0.5, 0.6) is 5.75 Å². The number of piperidine rings is 1. The summed E-state index contributed by atoms with van der Waals surface area (Å²) in [5.41, 5.74) is 2.44. The highest BCUT2D eigenvalue weighted by atomic mass is 16.6. The van der Waals surface area contributed by atoms with Crippen molar-refractivity contribution in [3.05, 3.63) is 102 Å². The highest BCUT2D eigenvalue weighted by Gasteiger charge is 2.43. The lowest BCUT2D eigenvalue weighted by Crippen LogP contribution is -2.47. The third kappa shape index (κ3) is 6.69. The zero-order valence-corrected chi connectivity index (χ0v) is 23.3. The van der Waals surface area contributed by atoms with Crippen molar-refractivity contribution in [1.29, 1.82) is 0 Å². The summed E-state index contributed by atoms with van der Waals surface area (Å²) >= 11 is 0. The molecule has 1 aliphatic rings. The zero-order valence-electron chi connectivity index (χ0n) is 23.3. The van der Waals surface area contributed by atoms with Crippen molar-refractivity contribution in [3.8, 4) is 5.75 Å². The first-order valence-corrected chi connectivity index (χ1v) is 13.9. The summed E-state index contributed by atoms with van der Waals surface area (Å²) < 4.78 is 10.9. The van der Waals surface area contributed by atoms with Crippen molar-refractivity contribution in [2.75, 3.05) is 46.9 Å². The van der Waals surface area contributed by atoms with Crippen LogP contribution < -0.4 is 4.74 Å². The number of esters is 1. The molecule has 0 unspecified atom stereocenters. The Hall–Kier alpha value is -3.64. The van der Waals surface area contributed by atoms with Crippen LogP contribution in [0.25, 0.3) is 0 Å². The van der Waals surface area contributed by atoms with Crippen LogP contribution in [0.4, 0.5) is 0 Å². The number of nitrogens with zero attached hydrogens (tertiary/aromatic N) is 2. The Morgan fingerprint density at radius 2 is 1.44 bits per heavy atom. The van der Waals surface area contributed by atoms with E-state index < -0.39 is 5.41 Å². The maximum atomic E-state index is 13.9. The summed E-state index contributed by atoms with van der Waals surface area (Å²) in [6, 6.07) is 28.4. The van der Waals surface area contributed by atoms with Gasteiger partial charge < -0.3 is 19.3 Å². The van der Waals surface area contributed by atoms with Gasteiger partial charge in [-0.15, -0.1) is 0 Å². The number of likely N-dealkylation sites (N-methyl/N-ethyl adjacent to an activating group) is 1. The summed E-state index contributed by atoms with van der Waals surface area (Å²) in [4.78, 5) is 29.9. The Balaban J connectivity index is 1.48. The Morgan fingerprint density at radius 1 is 0.872 bits per heavy atom. The lowest BCUT2D eigenvalue weighted by molar-refractivity contribution is -0.145. The number of hydrogen-bond acceptors (Lipinski definition) is 5. The molecule has 0 saturated carbocycles. The van der Waals surface area contributed by atoms with E-state index in [1.54, 1.807) is 11.8 Å². The molecule has 1 heterocycles. The molecule has 1 saturated heterocycles. The Bertz CT molecular complexity index is 1170. The van der Waals surface area contributed by atoms with Gasteiger partial charge in [0.05, 0.1) is 6.61 Å². The van der Waals surface area contributed by atoms with Crippen LogP contribution in [0, 0.1) is 0 Å². The Labute approximate surface area is 232 Å². The number of carbonyl (C=O) groups is 2. The van der Waals surface area contributed by atoms with Gasteiger partial charge in [0.1, 0.15) is 11.2 Å². The van der Waals surface area contributed by atoms with Gasteiger partial charge in [-0.3, -0.25) is 4.79 Å². The van der Waals surface area contributed by atoms with Gasteiger partial charge in [0, 0.05) is 14.1 Å². The first-order chi connectivity index (χ1) is 19.0. The van der Waals surface area contributed by atoms with Crippen molar-refractivity contribution < 1.29 is 19.1 Å². The molecule has 0 aromatic heterocycles. The maximum absolute atomic E-state index is 13.9. The van der Waals surface area contributed by atoms with E-state index in [4.69, 9.17) is 9.47 Å². The summed E-state index contributed by atoms with van der Waals surface area (Å²) in [6.07, 6.45) is 2.68. The van der Waals surface area contributed by atoms with Gasteiger partial charge in [-0.05, 0) is 74.5 Å². The number of ether oxygens (including phenoxy) is 2. The number of amides is 1. The summed E-state index contributed by atoms with van der Waals surface area (Å²) in [7, 11) is 3.69. The van der Waals surface area contributed by atoms with Crippen LogP contribution in [-0.4, -0.2) is 68.6 Å². The zero-order chi connectivity index (χ0) is 27.7. The average molecular weight is 529 g/mol. The number of likely N-dealkylation sites (tertiary alicyclic amines) is 1. The average Bonchev–Trinajstić information content (AvgIpc) is 2.98. The van der Waals surface area contributed by atoms with Gasteiger partial charge in [0.25, 0.3) is 0 Å². The Kier molecular flexibility index (Phi) is 9.77. The van der Waals surface area contributed by atoms with E-state index in [1.807, 2.05) is 68.7 Å². The van der Waals surface area contributed by atoms with Gasteiger partial charge in [0.15, 0.2) is 6.61 Å². The summed E-state index contributed by atoms with van der Waals surface area (Å²) in [5.74, 6) is 0.862. The molecule has 6 heteroatoms. The topological polar surface area (TPSA) is 59.1 Å². The quantitative estimate of drug-likeness (QED) is 0.317. The second-order valence-electron chi connectivity index (χ2n) is 10.3. The molecule has 39 heavy (non-hydrogen) atoms. The molecule has 3 aromatic rings. The van der Waals surface area contributed by atoms with E-state index in [0.717, 1.165) is 54.9 Å². The molecule has 4 rings (SSSR count). The molecule has 0 bridgehead atoms. The molecule has 0 radical (unpaired) electrons. The monoisotopic (exact) mass is 528 g/mol. The SMILES string of the molecule is CCOC(=O)COc1ccccc1C1CCN(CCC(C(=O)N(C)C)(c2ccccc2)c2ccccc2)CC1. The van der Waals surface area contributed by atoms with Crippen molar-refractivity contribution in [2.45, 2.75) is 37.5 Å². The van der Waals surface area contributed by atoms with Crippen molar-refractivity contribution in [1.82, 2.24) is 9.80 Å². The summed E-state index contributed by atoms with van der Waals surface area (Å²) in [6.45, 7) is 4.75. The minimum atomic E-state index is -0.754. The van der Waals surface area contributed by atoms with Gasteiger partial charge in [-0.2, -0.15) is 0 Å². The first-order valence-electron chi connectivity index (χ1n) is 13.9. The fraction of sp³-hybridized carbons (Fsp3) is 0.394. The molecule has 206 valence electrons. The minimum absolute atomic E-state index is 0.0787. The number of hydrogen-bond donors (Lipinski definition) is 0. The lowest BCUT2D eigenvalue weighted by atomic mass is 9.70. The minimum Gasteiger partial charge on any atom is -0.482 e. The lowest BCUT2D eigenvalue weighted by Gasteiger charge is -2.39. The Morgan fingerprint density at radius 3 is 2.00 bits per heavy atom. The third-order valence-electron chi connectivity index (χ3n) is 7.70. The van der Waals surface area contributed by atoms with E-state index in [1.165, 1.54) is 0 Å². The third-order valence-corrected chi connectivity index (χ3v) is 7.70. The first kappa shape index (κ1) is 28.4. The molecule has 1 aliphatic heterocycles. The van der Waals surface area contributed by atoms with Crippen LogP contribution in [0.1, 0.15) is 48.8 Å². The van der Waals surface area contributed by atoms with Crippen LogP contribution in [0.15, 0.2) is 84.9 Å².